The van der Waals surface area contributed by atoms with Crippen molar-refractivity contribution in [2.24, 2.45) is 0 Å². The van der Waals surface area contributed by atoms with Gasteiger partial charge in [-0.15, -0.1) is 21.5 Å². The van der Waals surface area contributed by atoms with E-state index in [-0.39, 0.29) is 23.7 Å². The van der Waals surface area contributed by atoms with Gasteiger partial charge in [0.1, 0.15) is 28.9 Å². The van der Waals surface area contributed by atoms with E-state index in [0.717, 1.165) is 5.01 Å². The highest BCUT2D eigenvalue weighted by Crippen LogP contribution is 2.30. The molecule has 1 N–H and O–H groups in total. The summed E-state index contributed by atoms with van der Waals surface area (Å²) in [5.74, 6) is 3.64. The molecule has 7 nitrogen and oxygen atoms in total. The minimum absolute atomic E-state index is 0.133. The summed E-state index contributed by atoms with van der Waals surface area (Å²) in [7, 11) is -1.18. The van der Waals surface area contributed by atoms with Crippen LogP contribution in [0, 0.1) is 5.82 Å². The third-order valence-electron chi connectivity index (χ3n) is 3.34. The Hall–Kier alpha value is -2.72. The van der Waals surface area contributed by atoms with E-state index in [0.29, 0.717) is 11.4 Å². The van der Waals surface area contributed by atoms with Crippen molar-refractivity contribution in [2.75, 3.05) is 18.1 Å². The predicted molar refractivity (Wildman–Crippen MR) is 105 cm³/mol. The van der Waals surface area contributed by atoms with Crippen LogP contribution in [0.2, 0.25) is 0 Å². The van der Waals surface area contributed by atoms with Gasteiger partial charge in [0.05, 0.1) is 12.8 Å². The average molecular weight is 408 g/mol. The van der Waals surface area contributed by atoms with E-state index in [2.05, 4.69) is 25.8 Å². The second kappa shape index (κ2) is 7.89. The zero-order valence-corrected chi connectivity index (χ0v) is 16.3. The molecule has 0 radical (unpaired) electrons. The Kier molecular flexibility index (Phi) is 5.57. The summed E-state index contributed by atoms with van der Waals surface area (Å²) in [4.78, 5) is 4.14. The molecule has 0 aliphatic carbocycles. The smallest absolute Gasteiger partial charge is 0.257 e. The Morgan fingerprint density at radius 2 is 2.15 bits per heavy atom. The number of rotatable bonds is 7. The number of anilines is 1. The molecule has 3 aromatic rings. The molecular formula is C17H17FN4O3S2. The summed E-state index contributed by atoms with van der Waals surface area (Å²) in [6.45, 7) is 0.281. The molecule has 0 aliphatic heterocycles. The molecule has 2 heterocycles. The van der Waals surface area contributed by atoms with Crippen LogP contribution >= 0.6 is 11.3 Å². The first kappa shape index (κ1) is 19.1. The lowest BCUT2D eigenvalue weighted by molar-refractivity contribution is 0.305. The summed E-state index contributed by atoms with van der Waals surface area (Å²) < 4.78 is 39.8. The SMILES string of the molecule is C=S(C)(=O)Nc1cc(-c2cc(OCc3nccs3)ccc2F)nnc1OC. The summed E-state index contributed by atoms with van der Waals surface area (Å²) in [6, 6.07) is 5.84. The van der Waals surface area contributed by atoms with Crippen molar-refractivity contribution in [3.63, 3.8) is 0 Å². The number of thiazole rings is 1. The lowest BCUT2D eigenvalue weighted by Gasteiger charge is -2.13. The number of nitrogens with one attached hydrogen (secondary N) is 1. The molecule has 0 saturated heterocycles. The first-order valence-corrected chi connectivity index (χ1v) is 10.7. The third kappa shape index (κ3) is 4.92. The van der Waals surface area contributed by atoms with Crippen LogP contribution < -0.4 is 14.2 Å². The van der Waals surface area contributed by atoms with E-state index < -0.39 is 15.5 Å². The summed E-state index contributed by atoms with van der Waals surface area (Å²) in [5, 5.41) is 10.6. The van der Waals surface area contributed by atoms with Gasteiger partial charge in [0.15, 0.2) is 0 Å². The van der Waals surface area contributed by atoms with Crippen molar-refractivity contribution in [1.29, 1.82) is 0 Å². The van der Waals surface area contributed by atoms with Gasteiger partial charge in [0.2, 0.25) is 0 Å². The van der Waals surface area contributed by atoms with Crippen molar-refractivity contribution in [2.45, 2.75) is 6.61 Å². The van der Waals surface area contributed by atoms with Crippen molar-refractivity contribution in [3.8, 4) is 22.9 Å². The van der Waals surface area contributed by atoms with Gasteiger partial charge in [-0.3, -0.25) is 0 Å². The van der Waals surface area contributed by atoms with E-state index >= 15 is 0 Å². The maximum atomic E-state index is 14.4. The Bertz CT molecular complexity index is 1040. The molecule has 0 aliphatic rings. The number of halogens is 1. The van der Waals surface area contributed by atoms with Crippen molar-refractivity contribution < 1.29 is 18.1 Å². The molecule has 2 aromatic heterocycles. The van der Waals surface area contributed by atoms with Crippen LogP contribution in [-0.2, 0) is 16.3 Å². The monoisotopic (exact) mass is 408 g/mol. The van der Waals surface area contributed by atoms with Gasteiger partial charge in [-0.2, -0.15) is 0 Å². The van der Waals surface area contributed by atoms with E-state index in [1.807, 2.05) is 5.38 Å². The number of methoxy groups -OCH3 is 1. The fourth-order valence-corrected chi connectivity index (χ4v) is 3.37. The zero-order valence-electron chi connectivity index (χ0n) is 14.6. The molecule has 0 bridgehead atoms. The van der Waals surface area contributed by atoms with Crippen LogP contribution in [0.5, 0.6) is 11.6 Å². The normalized spacial score (nSPS) is 13.0. The highest BCUT2D eigenvalue weighted by molar-refractivity contribution is 8.00. The average Bonchev–Trinajstić information content (AvgIpc) is 3.13. The number of hydrogen-bond donors (Lipinski definition) is 1. The number of ether oxygens (including phenoxy) is 2. The first-order valence-electron chi connectivity index (χ1n) is 7.68. The molecule has 10 heteroatoms. The Balaban J connectivity index is 1.92. The minimum atomic E-state index is -2.58. The highest BCUT2D eigenvalue weighted by atomic mass is 32.2. The van der Waals surface area contributed by atoms with Crippen molar-refractivity contribution >= 4 is 32.6 Å². The van der Waals surface area contributed by atoms with Crippen LogP contribution in [0.15, 0.2) is 35.8 Å². The lowest BCUT2D eigenvalue weighted by atomic mass is 10.1. The second-order valence-electron chi connectivity index (χ2n) is 5.62. The molecule has 0 spiro atoms. The molecule has 3 rings (SSSR count). The predicted octanol–water partition coefficient (Wildman–Crippen LogP) is 3.00. The molecule has 1 aromatic carbocycles. The van der Waals surface area contributed by atoms with Crippen molar-refractivity contribution in [1.82, 2.24) is 15.2 Å². The summed E-state index contributed by atoms with van der Waals surface area (Å²) in [6.07, 6.45) is 3.12. The highest BCUT2D eigenvalue weighted by Gasteiger charge is 2.15. The fraction of sp³-hybridized carbons (Fsp3) is 0.176. The lowest BCUT2D eigenvalue weighted by Crippen LogP contribution is -2.11. The number of nitrogens with zero attached hydrogens (tertiary/aromatic N) is 3. The van der Waals surface area contributed by atoms with E-state index in [4.69, 9.17) is 9.47 Å². The second-order valence-corrected chi connectivity index (χ2v) is 8.81. The Morgan fingerprint density at radius 1 is 1.33 bits per heavy atom. The largest absolute Gasteiger partial charge is 0.486 e. The molecule has 1 unspecified atom stereocenters. The van der Waals surface area contributed by atoms with Crippen LogP contribution in [0.4, 0.5) is 10.1 Å². The first-order chi connectivity index (χ1) is 12.9. The van der Waals surface area contributed by atoms with Crippen LogP contribution in [0.3, 0.4) is 0 Å². The molecule has 142 valence electrons. The van der Waals surface area contributed by atoms with E-state index in [1.165, 1.54) is 49.0 Å². The van der Waals surface area contributed by atoms with Gasteiger partial charge in [0, 0.05) is 33.1 Å². The molecule has 27 heavy (non-hydrogen) atoms. The summed E-state index contributed by atoms with van der Waals surface area (Å²) >= 11 is 1.47. The number of benzene rings is 1. The Labute approximate surface area is 160 Å². The minimum Gasteiger partial charge on any atom is -0.486 e. The number of hydrogen-bond acceptors (Lipinski definition) is 7. The number of aromatic nitrogens is 3. The molecular weight excluding hydrogens is 391 g/mol. The van der Waals surface area contributed by atoms with Gasteiger partial charge in [0.25, 0.3) is 5.88 Å². The summed E-state index contributed by atoms with van der Waals surface area (Å²) in [5.41, 5.74) is 0.731. The van der Waals surface area contributed by atoms with Gasteiger partial charge in [-0.05, 0) is 30.1 Å². The van der Waals surface area contributed by atoms with E-state index in [1.54, 1.807) is 6.20 Å². The molecule has 0 amide bonds. The fourth-order valence-electron chi connectivity index (χ4n) is 2.23. The van der Waals surface area contributed by atoms with Gasteiger partial charge >= 0.3 is 0 Å². The maximum absolute atomic E-state index is 14.4. The Morgan fingerprint density at radius 3 is 2.81 bits per heavy atom. The maximum Gasteiger partial charge on any atom is 0.257 e. The standard InChI is InChI=1S/C17H17FN4O3S2/c1-24-17-15(22-27(2,3)23)9-14(20-21-17)12-8-11(4-5-13(12)18)25-10-16-19-6-7-26-16/h4-9H,2,10H2,1,3H3,(H,20,22,23). The molecule has 0 saturated carbocycles. The van der Waals surface area contributed by atoms with Crippen LogP contribution in [0.25, 0.3) is 11.3 Å². The van der Waals surface area contributed by atoms with Crippen LogP contribution in [0.1, 0.15) is 5.01 Å². The van der Waals surface area contributed by atoms with Crippen molar-refractivity contribution in [3.05, 3.63) is 46.7 Å². The molecule has 1 atom stereocenters. The topological polar surface area (TPSA) is 86.2 Å². The van der Waals surface area contributed by atoms with Gasteiger partial charge in [-0.25, -0.2) is 13.6 Å². The van der Waals surface area contributed by atoms with E-state index in [9.17, 15) is 8.60 Å². The zero-order chi connectivity index (χ0) is 19.4. The van der Waals surface area contributed by atoms with Crippen LogP contribution in [-0.4, -0.2) is 38.6 Å². The third-order valence-corrected chi connectivity index (χ3v) is 4.74. The van der Waals surface area contributed by atoms with Gasteiger partial charge < -0.3 is 14.2 Å². The van der Waals surface area contributed by atoms with Gasteiger partial charge in [-0.1, -0.05) is 0 Å². The quantitative estimate of drug-likeness (QED) is 0.605. The molecule has 0 fully saturated rings.